The second-order valence-corrected chi connectivity index (χ2v) is 6.82. The van der Waals surface area contributed by atoms with Crippen molar-refractivity contribution in [3.05, 3.63) is 52.3 Å². The monoisotopic (exact) mass is 407 g/mol. The van der Waals surface area contributed by atoms with E-state index in [4.69, 9.17) is 0 Å². The highest BCUT2D eigenvalue weighted by Gasteiger charge is 2.13. The Kier molecular flexibility index (Phi) is 8.41. The summed E-state index contributed by atoms with van der Waals surface area (Å²) in [7, 11) is 0. The first-order chi connectivity index (χ1) is 13.1. The van der Waals surface area contributed by atoms with Gasteiger partial charge in [0.15, 0.2) is 5.69 Å². The number of nitro groups is 1. The summed E-state index contributed by atoms with van der Waals surface area (Å²) in [5, 5.41) is 21.5. The maximum absolute atomic E-state index is 12.2. The molecule has 0 saturated heterocycles. The van der Waals surface area contributed by atoms with Crippen LogP contribution in [0, 0.1) is 10.1 Å². The van der Waals surface area contributed by atoms with E-state index in [9.17, 15) is 14.9 Å². The SMILES string of the molecule is Cl.O=C(NCCNC1CCCCCC1)c1ccn(-c2cccc([N+](=O)[O-])c2)n1. The molecule has 1 aromatic heterocycles. The molecule has 0 radical (unpaired) electrons. The zero-order valence-electron chi connectivity index (χ0n) is 15.7. The van der Waals surface area contributed by atoms with E-state index in [1.807, 2.05) is 0 Å². The average molecular weight is 408 g/mol. The third-order valence-corrected chi connectivity index (χ3v) is 4.83. The molecule has 8 nitrogen and oxygen atoms in total. The fourth-order valence-corrected chi connectivity index (χ4v) is 3.36. The molecule has 1 aliphatic rings. The van der Waals surface area contributed by atoms with E-state index in [-0.39, 0.29) is 29.7 Å². The van der Waals surface area contributed by atoms with Crippen molar-refractivity contribution in [2.24, 2.45) is 0 Å². The van der Waals surface area contributed by atoms with E-state index in [0.29, 0.717) is 18.3 Å². The predicted octanol–water partition coefficient (Wildman–Crippen LogP) is 3.24. The lowest BCUT2D eigenvalue weighted by atomic mass is 10.1. The molecular weight excluding hydrogens is 382 g/mol. The number of hydrogen-bond acceptors (Lipinski definition) is 5. The van der Waals surface area contributed by atoms with Crippen molar-refractivity contribution in [1.82, 2.24) is 20.4 Å². The van der Waals surface area contributed by atoms with Crippen LogP contribution in [0.15, 0.2) is 36.5 Å². The maximum Gasteiger partial charge on any atom is 0.271 e. The Hall–Kier alpha value is -2.45. The van der Waals surface area contributed by atoms with Gasteiger partial charge in [-0.25, -0.2) is 4.68 Å². The van der Waals surface area contributed by atoms with Crippen LogP contribution in [0.25, 0.3) is 5.69 Å². The maximum atomic E-state index is 12.2. The molecule has 152 valence electrons. The minimum atomic E-state index is -0.456. The molecule has 1 saturated carbocycles. The summed E-state index contributed by atoms with van der Waals surface area (Å²) in [6.07, 6.45) is 9.24. The summed E-state index contributed by atoms with van der Waals surface area (Å²) < 4.78 is 1.46. The van der Waals surface area contributed by atoms with Crippen molar-refractivity contribution in [2.45, 2.75) is 44.6 Å². The summed E-state index contributed by atoms with van der Waals surface area (Å²) in [4.78, 5) is 22.7. The number of nitrogens with zero attached hydrogens (tertiary/aromatic N) is 3. The molecular formula is C19H26ClN5O3. The summed E-state index contributed by atoms with van der Waals surface area (Å²) in [6.45, 7) is 1.28. The van der Waals surface area contributed by atoms with E-state index in [1.54, 1.807) is 24.4 Å². The van der Waals surface area contributed by atoms with Crippen LogP contribution in [-0.4, -0.2) is 39.7 Å². The lowest BCUT2D eigenvalue weighted by molar-refractivity contribution is -0.384. The smallest absolute Gasteiger partial charge is 0.271 e. The number of benzene rings is 1. The third kappa shape index (κ3) is 6.03. The van der Waals surface area contributed by atoms with Gasteiger partial charge in [0.1, 0.15) is 0 Å². The summed E-state index contributed by atoms with van der Waals surface area (Å²) in [5.74, 6) is -0.248. The highest BCUT2D eigenvalue weighted by Crippen LogP contribution is 2.17. The molecule has 9 heteroatoms. The summed E-state index contributed by atoms with van der Waals surface area (Å²) >= 11 is 0. The molecule has 2 N–H and O–H groups in total. The van der Waals surface area contributed by atoms with Crippen molar-refractivity contribution in [2.75, 3.05) is 13.1 Å². The van der Waals surface area contributed by atoms with Crippen LogP contribution in [0.3, 0.4) is 0 Å². The van der Waals surface area contributed by atoms with Gasteiger partial charge in [-0.3, -0.25) is 14.9 Å². The molecule has 1 aliphatic carbocycles. The number of aromatic nitrogens is 2. The number of amides is 1. The van der Waals surface area contributed by atoms with Crippen LogP contribution in [0.4, 0.5) is 5.69 Å². The fourth-order valence-electron chi connectivity index (χ4n) is 3.36. The van der Waals surface area contributed by atoms with Gasteiger partial charge in [-0.05, 0) is 25.0 Å². The van der Waals surface area contributed by atoms with Crippen molar-refractivity contribution in [3.8, 4) is 5.69 Å². The third-order valence-electron chi connectivity index (χ3n) is 4.83. The van der Waals surface area contributed by atoms with E-state index in [1.165, 1.54) is 55.3 Å². The molecule has 1 heterocycles. The second-order valence-electron chi connectivity index (χ2n) is 6.82. The zero-order valence-corrected chi connectivity index (χ0v) is 16.5. The van der Waals surface area contributed by atoms with Gasteiger partial charge >= 0.3 is 0 Å². The number of non-ortho nitro benzene ring substituents is 1. The van der Waals surface area contributed by atoms with Crippen molar-refractivity contribution in [1.29, 1.82) is 0 Å². The van der Waals surface area contributed by atoms with Crippen molar-refractivity contribution < 1.29 is 9.72 Å². The highest BCUT2D eigenvalue weighted by atomic mass is 35.5. The molecule has 3 rings (SSSR count). The van der Waals surface area contributed by atoms with Crippen LogP contribution in [-0.2, 0) is 0 Å². The Morgan fingerprint density at radius 2 is 1.93 bits per heavy atom. The van der Waals surface area contributed by atoms with Crippen molar-refractivity contribution >= 4 is 24.0 Å². The number of halogens is 1. The molecule has 1 amide bonds. The Morgan fingerprint density at radius 3 is 2.64 bits per heavy atom. The number of nitro benzene ring substituents is 1. The number of carbonyl (C=O) groups is 1. The normalized spacial score (nSPS) is 14.7. The number of rotatable bonds is 7. The van der Waals surface area contributed by atoms with Gasteiger partial charge in [0.05, 0.1) is 10.6 Å². The molecule has 0 aliphatic heterocycles. The lowest BCUT2D eigenvalue weighted by Crippen LogP contribution is -2.37. The van der Waals surface area contributed by atoms with Crippen LogP contribution < -0.4 is 10.6 Å². The number of nitrogens with one attached hydrogen (secondary N) is 2. The molecule has 0 spiro atoms. The highest BCUT2D eigenvalue weighted by molar-refractivity contribution is 5.92. The molecule has 2 aromatic rings. The standard InChI is InChI=1S/C19H25N5O3.ClH/c25-19(21-12-11-20-15-6-3-1-2-4-7-15)18-10-13-23(22-18)16-8-5-9-17(14-16)24(26)27;/h5,8-10,13-15,20H,1-4,6-7,11-12H2,(H,21,25);1H. The lowest BCUT2D eigenvalue weighted by Gasteiger charge is -2.16. The van der Waals surface area contributed by atoms with E-state index in [2.05, 4.69) is 15.7 Å². The minimum Gasteiger partial charge on any atom is -0.349 e. The first-order valence-corrected chi connectivity index (χ1v) is 9.45. The summed E-state index contributed by atoms with van der Waals surface area (Å²) in [5.41, 5.74) is 0.813. The molecule has 1 aromatic carbocycles. The number of carbonyl (C=O) groups excluding carboxylic acids is 1. The van der Waals surface area contributed by atoms with Crippen molar-refractivity contribution in [3.63, 3.8) is 0 Å². The summed E-state index contributed by atoms with van der Waals surface area (Å²) in [6, 6.07) is 8.30. The Bertz CT molecular complexity index is 787. The van der Waals surface area contributed by atoms with Gasteiger partial charge < -0.3 is 10.6 Å². The van der Waals surface area contributed by atoms with Gasteiger partial charge in [0.25, 0.3) is 11.6 Å². The average Bonchev–Trinajstić information content (AvgIpc) is 3.03. The Morgan fingerprint density at radius 1 is 1.18 bits per heavy atom. The molecule has 1 fully saturated rings. The quantitative estimate of drug-likeness (QED) is 0.317. The van der Waals surface area contributed by atoms with E-state index >= 15 is 0 Å². The Balaban J connectivity index is 0.00000280. The molecule has 0 atom stereocenters. The second kappa shape index (κ2) is 10.8. The zero-order chi connectivity index (χ0) is 19.1. The minimum absolute atomic E-state index is 0. The molecule has 0 unspecified atom stereocenters. The van der Waals surface area contributed by atoms with Gasteiger partial charge in [-0.2, -0.15) is 5.10 Å². The van der Waals surface area contributed by atoms with Crippen LogP contribution in [0.5, 0.6) is 0 Å². The van der Waals surface area contributed by atoms with Crippen LogP contribution in [0.1, 0.15) is 49.0 Å². The van der Waals surface area contributed by atoms with Gasteiger partial charge in [-0.1, -0.05) is 31.7 Å². The van der Waals surface area contributed by atoms with Crippen LogP contribution in [0.2, 0.25) is 0 Å². The molecule has 0 bridgehead atoms. The fraction of sp³-hybridized carbons (Fsp3) is 0.474. The first-order valence-electron chi connectivity index (χ1n) is 9.45. The largest absolute Gasteiger partial charge is 0.349 e. The topological polar surface area (TPSA) is 102 Å². The Labute approximate surface area is 170 Å². The van der Waals surface area contributed by atoms with Gasteiger partial charge in [-0.15, -0.1) is 12.4 Å². The predicted molar refractivity (Wildman–Crippen MR) is 109 cm³/mol. The van der Waals surface area contributed by atoms with E-state index in [0.717, 1.165) is 6.54 Å². The van der Waals surface area contributed by atoms with E-state index < -0.39 is 4.92 Å². The number of hydrogen-bond donors (Lipinski definition) is 2. The van der Waals surface area contributed by atoms with Gasteiger partial charge in [0.2, 0.25) is 0 Å². The van der Waals surface area contributed by atoms with Crippen LogP contribution >= 0.6 is 12.4 Å². The molecule has 28 heavy (non-hydrogen) atoms. The first kappa shape index (κ1) is 21.8. The van der Waals surface area contributed by atoms with Gasteiger partial charge in [0, 0.05) is 37.5 Å².